The van der Waals surface area contributed by atoms with Gasteiger partial charge >= 0.3 is 6.09 Å². The quantitative estimate of drug-likeness (QED) is 0.582. The van der Waals surface area contributed by atoms with Gasteiger partial charge in [0.05, 0.1) is 19.8 Å². The van der Waals surface area contributed by atoms with E-state index in [9.17, 15) is 9.18 Å². The molecule has 0 unspecified atom stereocenters. The van der Waals surface area contributed by atoms with Crippen LogP contribution in [0.2, 0.25) is 0 Å². The minimum atomic E-state index is -0.433. The number of methoxy groups -OCH3 is 1. The molecule has 2 aromatic rings. The SMILES string of the molecule is COc1ccc(CN(C(=O)OCc2ccc(OC(C)C)cc2)C2CCN(C)CC2)c(F)c1. The summed E-state index contributed by atoms with van der Waals surface area (Å²) >= 11 is 0. The van der Waals surface area contributed by atoms with Gasteiger partial charge in [0.15, 0.2) is 0 Å². The summed E-state index contributed by atoms with van der Waals surface area (Å²) in [6.45, 7) is 6.02. The maximum Gasteiger partial charge on any atom is 0.410 e. The molecule has 0 spiro atoms. The molecule has 6 nitrogen and oxygen atoms in total. The lowest BCUT2D eigenvalue weighted by Crippen LogP contribution is -2.46. The zero-order valence-electron chi connectivity index (χ0n) is 19.3. The molecule has 0 N–H and O–H groups in total. The van der Waals surface area contributed by atoms with Crippen LogP contribution in [-0.4, -0.2) is 55.3 Å². The Labute approximate surface area is 189 Å². The predicted octanol–water partition coefficient (Wildman–Crippen LogP) is 4.85. The van der Waals surface area contributed by atoms with Gasteiger partial charge in [-0.25, -0.2) is 9.18 Å². The van der Waals surface area contributed by atoms with Crippen molar-refractivity contribution in [3.63, 3.8) is 0 Å². The second-order valence-corrected chi connectivity index (χ2v) is 8.48. The summed E-state index contributed by atoms with van der Waals surface area (Å²) in [5, 5.41) is 0. The van der Waals surface area contributed by atoms with E-state index in [1.165, 1.54) is 13.2 Å². The largest absolute Gasteiger partial charge is 0.497 e. The number of ether oxygens (including phenoxy) is 3. The highest BCUT2D eigenvalue weighted by Gasteiger charge is 2.29. The van der Waals surface area contributed by atoms with E-state index in [4.69, 9.17) is 14.2 Å². The zero-order chi connectivity index (χ0) is 23.1. The number of carbonyl (C=O) groups excluding carboxylic acids is 1. The first-order valence-corrected chi connectivity index (χ1v) is 11.1. The Morgan fingerprint density at radius 2 is 1.78 bits per heavy atom. The Bertz CT molecular complexity index is 880. The highest BCUT2D eigenvalue weighted by atomic mass is 19.1. The number of rotatable bonds is 8. The van der Waals surface area contributed by atoms with Gasteiger partial charge in [-0.1, -0.05) is 18.2 Å². The number of likely N-dealkylation sites (tertiary alicyclic amines) is 1. The van der Waals surface area contributed by atoms with E-state index in [1.807, 2.05) is 38.1 Å². The third-order valence-corrected chi connectivity index (χ3v) is 5.62. The summed E-state index contributed by atoms with van der Waals surface area (Å²) in [5.41, 5.74) is 1.31. The molecule has 0 aliphatic carbocycles. The van der Waals surface area contributed by atoms with Crippen molar-refractivity contribution in [3.8, 4) is 11.5 Å². The van der Waals surface area contributed by atoms with Crippen LogP contribution in [0.15, 0.2) is 42.5 Å². The number of piperidine rings is 1. The molecule has 32 heavy (non-hydrogen) atoms. The summed E-state index contributed by atoms with van der Waals surface area (Å²) in [5.74, 6) is 0.832. The molecule has 1 heterocycles. The Balaban J connectivity index is 1.69. The molecular formula is C25H33FN2O4. The van der Waals surface area contributed by atoms with Crippen molar-refractivity contribution in [1.82, 2.24) is 9.80 Å². The van der Waals surface area contributed by atoms with Gasteiger partial charge in [0.25, 0.3) is 0 Å². The summed E-state index contributed by atoms with van der Waals surface area (Å²) in [6.07, 6.45) is 1.31. The lowest BCUT2D eigenvalue weighted by Gasteiger charge is -2.36. The van der Waals surface area contributed by atoms with Crippen LogP contribution >= 0.6 is 0 Å². The molecule has 1 fully saturated rings. The van der Waals surface area contributed by atoms with Crippen molar-refractivity contribution in [2.45, 2.75) is 52.0 Å². The lowest BCUT2D eigenvalue weighted by atomic mass is 10.0. The van der Waals surface area contributed by atoms with Crippen LogP contribution in [0, 0.1) is 5.82 Å². The topological polar surface area (TPSA) is 51.2 Å². The van der Waals surface area contributed by atoms with E-state index in [0.717, 1.165) is 37.2 Å². The van der Waals surface area contributed by atoms with E-state index in [0.29, 0.717) is 11.3 Å². The molecule has 0 aromatic heterocycles. The number of nitrogens with zero attached hydrogens (tertiary/aromatic N) is 2. The summed E-state index contributed by atoms with van der Waals surface area (Å²) in [4.78, 5) is 17.0. The normalized spacial score (nSPS) is 14.9. The van der Waals surface area contributed by atoms with Crippen LogP contribution in [0.1, 0.15) is 37.8 Å². The Morgan fingerprint density at radius 1 is 1.12 bits per heavy atom. The maximum absolute atomic E-state index is 14.6. The predicted molar refractivity (Wildman–Crippen MR) is 121 cm³/mol. The van der Waals surface area contributed by atoms with E-state index in [2.05, 4.69) is 11.9 Å². The minimum absolute atomic E-state index is 0.00187. The molecule has 0 saturated carbocycles. The number of benzene rings is 2. The van der Waals surface area contributed by atoms with Gasteiger partial charge in [-0.15, -0.1) is 0 Å². The molecule has 3 rings (SSSR count). The lowest BCUT2D eigenvalue weighted by molar-refractivity contribution is 0.0599. The third-order valence-electron chi connectivity index (χ3n) is 5.62. The first kappa shape index (κ1) is 23.9. The fourth-order valence-corrected chi connectivity index (χ4v) is 3.78. The van der Waals surface area contributed by atoms with Crippen LogP contribution in [0.3, 0.4) is 0 Å². The van der Waals surface area contributed by atoms with Crippen molar-refractivity contribution >= 4 is 6.09 Å². The van der Waals surface area contributed by atoms with Crippen LogP contribution < -0.4 is 9.47 Å². The Morgan fingerprint density at radius 3 is 2.38 bits per heavy atom. The average Bonchev–Trinajstić information content (AvgIpc) is 2.78. The molecule has 1 aliphatic heterocycles. The number of carbonyl (C=O) groups is 1. The molecule has 1 aliphatic rings. The average molecular weight is 445 g/mol. The molecule has 2 aromatic carbocycles. The monoisotopic (exact) mass is 444 g/mol. The molecule has 0 atom stereocenters. The highest BCUT2D eigenvalue weighted by molar-refractivity contribution is 5.68. The van der Waals surface area contributed by atoms with Gasteiger partial charge in [-0.05, 0) is 70.6 Å². The standard InChI is InChI=1S/C25H33FN2O4/c1-18(2)32-22-8-5-19(6-9-22)17-31-25(29)28(21-11-13-27(3)14-12-21)16-20-7-10-23(30-4)15-24(20)26/h5-10,15,18,21H,11-14,16-17H2,1-4H3. The molecule has 0 bridgehead atoms. The fourth-order valence-electron chi connectivity index (χ4n) is 3.78. The molecule has 174 valence electrons. The second-order valence-electron chi connectivity index (χ2n) is 8.48. The number of hydrogen-bond donors (Lipinski definition) is 0. The first-order valence-electron chi connectivity index (χ1n) is 11.1. The number of hydrogen-bond acceptors (Lipinski definition) is 5. The van der Waals surface area contributed by atoms with Crippen molar-refractivity contribution in [2.24, 2.45) is 0 Å². The van der Waals surface area contributed by atoms with Gasteiger partial charge < -0.3 is 24.0 Å². The third kappa shape index (κ3) is 6.60. The Hall–Kier alpha value is -2.80. The minimum Gasteiger partial charge on any atom is -0.497 e. The van der Waals surface area contributed by atoms with Gasteiger partial charge in [0.2, 0.25) is 0 Å². The summed E-state index contributed by atoms with van der Waals surface area (Å²) in [6, 6.07) is 12.2. The van der Waals surface area contributed by atoms with Crippen molar-refractivity contribution in [3.05, 3.63) is 59.4 Å². The highest BCUT2D eigenvalue weighted by Crippen LogP contribution is 2.23. The number of halogens is 1. The van der Waals surface area contributed by atoms with Gasteiger partial charge in [0, 0.05) is 17.7 Å². The zero-order valence-corrected chi connectivity index (χ0v) is 19.3. The van der Waals surface area contributed by atoms with Crippen molar-refractivity contribution in [2.75, 3.05) is 27.2 Å². The fraction of sp³-hybridized carbons (Fsp3) is 0.480. The van der Waals surface area contributed by atoms with Gasteiger partial charge in [-0.3, -0.25) is 0 Å². The Kier molecular flexibility index (Phi) is 8.33. The summed E-state index contributed by atoms with van der Waals surface area (Å²) < 4.78 is 31.0. The summed E-state index contributed by atoms with van der Waals surface area (Å²) in [7, 11) is 3.56. The van der Waals surface area contributed by atoms with E-state index >= 15 is 0 Å². The van der Waals surface area contributed by atoms with Crippen LogP contribution in [0.5, 0.6) is 11.5 Å². The van der Waals surface area contributed by atoms with Crippen LogP contribution in [0.25, 0.3) is 0 Å². The second kappa shape index (κ2) is 11.2. The molecular weight excluding hydrogens is 411 g/mol. The van der Waals surface area contributed by atoms with E-state index in [-0.39, 0.29) is 25.3 Å². The molecule has 1 amide bonds. The van der Waals surface area contributed by atoms with Crippen molar-refractivity contribution in [1.29, 1.82) is 0 Å². The van der Waals surface area contributed by atoms with Crippen molar-refractivity contribution < 1.29 is 23.4 Å². The number of amides is 1. The van der Waals surface area contributed by atoms with Gasteiger partial charge in [0.1, 0.15) is 23.9 Å². The van der Waals surface area contributed by atoms with E-state index in [1.54, 1.807) is 17.0 Å². The molecule has 0 radical (unpaired) electrons. The first-order chi connectivity index (χ1) is 15.4. The van der Waals surface area contributed by atoms with Crippen LogP contribution in [-0.2, 0) is 17.9 Å². The van der Waals surface area contributed by atoms with Crippen LogP contribution in [0.4, 0.5) is 9.18 Å². The molecule has 7 heteroatoms. The smallest absolute Gasteiger partial charge is 0.410 e. The van der Waals surface area contributed by atoms with E-state index < -0.39 is 11.9 Å². The molecule has 1 saturated heterocycles. The van der Waals surface area contributed by atoms with Gasteiger partial charge in [-0.2, -0.15) is 0 Å². The maximum atomic E-state index is 14.6.